The van der Waals surface area contributed by atoms with Crippen molar-refractivity contribution in [3.8, 4) is 22.3 Å². The summed E-state index contributed by atoms with van der Waals surface area (Å²) in [5.74, 6) is 0. The molecule has 0 fully saturated rings. The van der Waals surface area contributed by atoms with Gasteiger partial charge in [0.15, 0.2) is 5.58 Å². The van der Waals surface area contributed by atoms with Crippen LogP contribution in [0, 0.1) is 0 Å². The van der Waals surface area contributed by atoms with E-state index in [-0.39, 0.29) is 0 Å². The van der Waals surface area contributed by atoms with Crippen molar-refractivity contribution < 1.29 is 4.42 Å². The van der Waals surface area contributed by atoms with Crippen LogP contribution in [0.2, 0.25) is 0 Å². The second kappa shape index (κ2) is 15.0. The Balaban J connectivity index is 0.978. The maximum Gasteiger partial charge on any atom is 0.161 e. The molecule has 0 aliphatic rings. The maximum atomic E-state index is 6.92. The lowest BCUT2D eigenvalue weighted by atomic mass is 9.96. The van der Waals surface area contributed by atoms with Gasteiger partial charge in [-0.25, -0.2) is 0 Å². The Labute approximate surface area is 363 Å². The molecular weight excluding hydrogens is 773 g/mol. The summed E-state index contributed by atoms with van der Waals surface area (Å²) in [6.07, 6.45) is 0. The first-order valence-corrected chi connectivity index (χ1v) is 21.8. The zero-order valence-electron chi connectivity index (χ0n) is 33.7. The third-order valence-electron chi connectivity index (χ3n) is 12.0. The van der Waals surface area contributed by atoms with Crippen molar-refractivity contribution in [2.75, 3.05) is 9.80 Å². The van der Waals surface area contributed by atoms with Gasteiger partial charge in [-0.2, -0.15) is 0 Å². The number of hydrogen-bond donors (Lipinski definition) is 0. The Kier molecular flexibility index (Phi) is 8.68. The van der Waals surface area contributed by atoms with Crippen LogP contribution in [0.3, 0.4) is 0 Å². The zero-order valence-corrected chi connectivity index (χ0v) is 34.5. The van der Waals surface area contributed by atoms with E-state index in [0.717, 1.165) is 56.1 Å². The van der Waals surface area contributed by atoms with Gasteiger partial charge in [0, 0.05) is 48.3 Å². The molecule has 12 rings (SSSR count). The number of para-hydroxylation sites is 4. The summed E-state index contributed by atoms with van der Waals surface area (Å²) in [5.41, 5.74) is 12.8. The fourth-order valence-corrected chi connectivity index (χ4v) is 10.2. The molecule has 0 atom stereocenters. The summed E-state index contributed by atoms with van der Waals surface area (Å²) in [7, 11) is 0. The van der Waals surface area contributed by atoms with Crippen molar-refractivity contribution in [1.29, 1.82) is 0 Å². The largest absolute Gasteiger partial charge is 0.454 e. The van der Waals surface area contributed by atoms with Gasteiger partial charge in [0.05, 0.1) is 16.8 Å². The first-order valence-electron chi connectivity index (χ1n) is 21.0. The summed E-state index contributed by atoms with van der Waals surface area (Å²) < 4.78 is 9.52. The van der Waals surface area contributed by atoms with Crippen molar-refractivity contribution in [3.05, 3.63) is 231 Å². The predicted molar refractivity (Wildman–Crippen MR) is 264 cm³/mol. The quantitative estimate of drug-likeness (QED) is 0.152. The van der Waals surface area contributed by atoms with E-state index in [1.54, 1.807) is 0 Å². The van der Waals surface area contributed by atoms with Gasteiger partial charge in [-0.3, -0.25) is 0 Å². The van der Waals surface area contributed by atoms with E-state index in [1.807, 2.05) is 17.4 Å². The lowest BCUT2D eigenvalue weighted by Crippen LogP contribution is -2.13. The molecule has 0 aliphatic carbocycles. The lowest BCUT2D eigenvalue weighted by Gasteiger charge is -2.29. The molecule has 12 aromatic rings. The van der Waals surface area contributed by atoms with Crippen LogP contribution < -0.4 is 9.80 Å². The van der Waals surface area contributed by atoms with Gasteiger partial charge in [-0.1, -0.05) is 140 Å². The highest BCUT2D eigenvalue weighted by Crippen LogP contribution is 2.49. The predicted octanol–water partition coefficient (Wildman–Crippen LogP) is 17.4. The molecule has 0 aliphatic heterocycles. The summed E-state index contributed by atoms with van der Waals surface area (Å²) in [6, 6.07) is 82.6. The number of rotatable bonds is 8. The number of hydrogen-bond acceptors (Lipinski definition) is 4. The van der Waals surface area contributed by atoms with E-state index in [0.29, 0.717) is 0 Å². The Morgan fingerprint density at radius 2 is 0.839 bits per heavy atom. The Bertz CT molecular complexity index is 3530. The molecule has 292 valence electrons. The van der Waals surface area contributed by atoms with Crippen LogP contribution in [0.4, 0.5) is 34.1 Å². The van der Waals surface area contributed by atoms with Gasteiger partial charge in [-0.15, -0.1) is 11.3 Å². The van der Waals surface area contributed by atoms with Crippen LogP contribution in [0.15, 0.2) is 235 Å². The summed E-state index contributed by atoms with van der Waals surface area (Å²) in [6.45, 7) is 0. The fourth-order valence-electron chi connectivity index (χ4n) is 9.15. The molecule has 2 heterocycles. The number of benzene rings is 10. The van der Waals surface area contributed by atoms with E-state index >= 15 is 0 Å². The van der Waals surface area contributed by atoms with Crippen LogP contribution in [0.25, 0.3) is 75.1 Å². The number of fused-ring (bicyclic) bond motifs is 7. The molecule has 62 heavy (non-hydrogen) atoms. The van der Waals surface area contributed by atoms with Gasteiger partial charge < -0.3 is 14.2 Å². The second-order valence-corrected chi connectivity index (χ2v) is 16.8. The van der Waals surface area contributed by atoms with E-state index in [9.17, 15) is 0 Å². The van der Waals surface area contributed by atoms with Crippen molar-refractivity contribution in [2.45, 2.75) is 0 Å². The number of nitrogens with zero attached hydrogens (tertiary/aromatic N) is 2. The smallest absolute Gasteiger partial charge is 0.161 e. The maximum absolute atomic E-state index is 6.92. The summed E-state index contributed by atoms with van der Waals surface area (Å²) in [5, 5.41) is 7.24. The molecule has 0 amide bonds. The summed E-state index contributed by atoms with van der Waals surface area (Å²) >= 11 is 1.86. The van der Waals surface area contributed by atoms with Crippen molar-refractivity contribution in [3.63, 3.8) is 0 Å². The average molecular weight is 811 g/mol. The molecule has 0 saturated heterocycles. The van der Waals surface area contributed by atoms with Crippen LogP contribution in [0.1, 0.15) is 0 Å². The number of furan rings is 1. The average Bonchev–Trinajstić information content (AvgIpc) is 3.92. The van der Waals surface area contributed by atoms with Gasteiger partial charge in [0.2, 0.25) is 0 Å². The molecule has 2 aromatic heterocycles. The molecule has 0 unspecified atom stereocenters. The molecule has 0 saturated carbocycles. The minimum atomic E-state index is 0.825. The first-order chi connectivity index (χ1) is 30.7. The summed E-state index contributed by atoms with van der Waals surface area (Å²) in [4.78, 5) is 4.64. The topological polar surface area (TPSA) is 19.6 Å². The highest BCUT2D eigenvalue weighted by atomic mass is 32.1. The van der Waals surface area contributed by atoms with E-state index in [4.69, 9.17) is 4.42 Å². The van der Waals surface area contributed by atoms with E-state index in [1.165, 1.54) is 53.2 Å². The molecule has 3 nitrogen and oxygen atoms in total. The Hall–Kier alpha value is -7.92. The van der Waals surface area contributed by atoms with Crippen LogP contribution >= 0.6 is 11.3 Å². The number of anilines is 6. The fraction of sp³-hybridized carbons (Fsp3) is 0. The Morgan fingerprint density at radius 3 is 1.52 bits per heavy atom. The molecule has 0 bridgehead atoms. The molecule has 0 spiro atoms. The van der Waals surface area contributed by atoms with Gasteiger partial charge in [0.1, 0.15) is 5.58 Å². The minimum Gasteiger partial charge on any atom is -0.454 e. The number of thiophene rings is 1. The normalized spacial score (nSPS) is 11.5. The molecule has 4 heteroatoms. The standard InChI is InChI=1S/C58H38N2OS/c1-4-17-43(18-5-1)59(44-19-6-2-7-20-44)52-33-34-53(58-57(52)49-24-12-13-26-54(49)61-58)60(45-21-8-3-9-22-45)46-31-27-39(28-32-46)41-29-35-55-50(37-41)51-38-42(30-36-56(51)62-55)48-25-14-16-40-15-10-11-23-47(40)48/h1-38H. The monoisotopic (exact) mass is 810 g/mol. The van der Waals surface area contributed by atoms with Crippen LogP contribution in [0.5, 0.6) is 0 Å². The highest BCUT2D eigenvalue weighted by Gasteiger charge is 2.25. The first kappa shape index (κ1) is 36.0. The third kappa shape index (κ3) is 6.11. The van der Waals surface area contributed by atoms with Crippen LogP contribution in [-0.2, 0) is 0 Å². The van der Waals surface area contributed by atoms with Crippen molar-refractivity contribution in [2.24, 2.45) is 0 Å². The molecule has 10 aromatic carbocycles. The van der Waals surface area contributed by atoms with Gasteiger partial charge in [0.25, 0.3) is 0 Å². The van der Waals surface area contributed by atoms with Crippen LogP contribution in [-0.4, -0.2) is 0 Å². The van der Waals surface area contributed by atoms with Crippen molar-refractivity contribution in [1.82, 2.24) is 0 Å². The molecule has 0 N–H and O–H groups in total. The van der Waals surface area contributed by atoms with Crippen molar-refractivity contribution >= 4 is 98.3 Å². The second-order valence-electron chi connectivity index (χ2n) is 15.7. The van der Waals surface area contributed by atoms with Gasteiger partial charge in [-0.05, 0) is 124 Å². The molecule has 0 radical (unpaired) electrons. The third-order valence-corrected chi connectivity index (χ3v) is 13.2. The zero-order chi connectivity index (χ0) is 41.0. The van der Waals surface area contributed by atoms with E-state index in [2.05, 4.69) is 234 Å². The highest BCUT2D eigenvalue weighted by molar-refractivity contribution is 7.25. The Morgan fingerprint density at radius 1 is 0.339 bits per heavy atom. The van der Waals surface area contributed by atoms with E-state index < -0.39 is 0 Å². The lowest BCUT2D eigenvalue weighted by molar-refractivity contribution is 0.669. The molecular formula is C58H38N2OS. The van der Waals surface area contributed by atoms with Gasteiger partial charge >= 0.3 is 0 Å². The SMILES string of the molecule is c1ccc(N(c2ccc(-c3ccc4sc5ccc(-c6cccc7ccccc67)cc5c4c3)cc2)c2ccc(N(c3ccccc3)c3ccccc3)c3c2oc2ccccc23)cc1. The minimum absolute atomic E-state index is 0.825.